The summed E-state index contributed by atoms with van der Waals surface area (Å²) >= 11 is 2.12. The molecule has 1 heterocycles. The summed E-state index contributed by atoms with van der Waals surface area (Å²) in [5, 5.41) is 4.96. The number of ether oxygens (including phenoxy) is 1. The quantitative estimate of drug-likeness (QED) is 0.737. The molecule has 1 fully saturated rings. The lowest BCUT2D eigenvalue weighted by Gasteiger charge is -2.24. The summed E-state index contributed by atoms with van der Waals surface area (Å²) in [5.41, 5.74) is 0. The van der Waals surface area contributed by atoms with Crippen LogP contribution in [0.1, 0.15) is 26.7 Å². The van der Waals surface area contributed by atoms with Crippen molar-refractivity contribution in [3.8, 4) is 0 Å². The van der Waals surface area contributed by atoms with Gasteiger partial charge in [-0.05, 0) is 19.4 Å². The Balaban J connectivity index is 2.07. The van der Waals surface area contributed by atoms with Gasteiger partial charge in [0, 0.05) is 30.3 Å². The minimum atomic E-state index is 0.739. The largest absolute Gasteiger partial charge is 0.381 e. The second-order valence-corrected chi connectivity index (χ2v) is 5.31. The van der Waals surface area contributed by atoms with Gasteiger partial charge < -0.3 is 10.1 Å². The monoisotopic (exact) mass is 203 g/mol. The van der Waals surface area contributed by atoms with E-state index in [1.165, 1.54) is 12.8 Å². The SMILES string of the molecule is CCNCC(C)SC1CCOCC1. The maximum Gasteiger partial charge on any atom is 0.0476 e. The molecule has 1 rings (SSSR count). The molecule has 1 atom stereocenters. The van der Waals surface area contributed by atoms with Crippen molar-refractivity contribution in [3.05, 3.63) is 0 Å². The van der Waals surface area contributed by atoms with Gasteiger partial charge in [0.25, 0.3) is 0 Å². The van der Waals surface area contributed by atoms with E-state index in [1.54, 1.807) is 0 Å². The van der Waals surface area contributed by atoms with Crippen molar-refractivity contribution in [1.29, 1.82) is 0 Å². The van der Waals surface area contributed by atoms with Gasteiger partial charge in [0.15, 0.2) is 0 Å². The fraction of sp³-hybridized carbons (Fsp3) is 1.00. The van der Waals surface area contributed by atoms with Crippen LogP contribution in [0.25, 0.3) is 0 Å². The molecule has 13 heavy (non-hydrogen) atoms. The highest BCUT2D eigenvalue weighted by Crippen LogP contribution is 2.25. The minimum Gasteiger partial charge on any atom is -0.381 e. The Morgan fingerprint density at radius 2 is 2.15 bits per heavy atom. The Labute approximate surface area is 85.8 Å². The number of thioether (sulfide) groups is 1. The lowest BCUT2D eigenvalue weighted by atomic mass is 10.2. The summed E-state index contributed by atoms with van der Waals surface area (Å²) in [6, 6.07) is 0. The van der Waals surface area contributed by atoms with E-state index >= 15 is 0 Å². The fourth-order valence-corrected chi connectivity index (χ4v) is 2.87. The van der Waals surface area contributed by atoms with Crippen LogP contribution in [0.4, 0.5) is 0 Å². The van der Waals surface area contributed by atoms with E-state index in [0.717, 1.165) is 36.8 Å². The number of rotatable bonds is 5. The standard InChI is InChI=1S/C10H21NOS/c1-3-11-8-9(2)13-10-4-6-12-7-5-10/h9-11H,3-8H2,1-2H3. The average molecular weight is 203 g/mol. The Morgan fingerprint density at radius 3 is 2.77 bits per heavy atom. The predicted molar refractivity (Wildman–Crippen MR) is 59.4 cm³/mol. The molecule has 0 aliphatic carbocycles. The molecule has 3 heteroatoms. The Morgan fingerprint density at radius 1 is 1.46 bits per heavy atom. The molecule has 78 valence electrons. The molecule has 1 N–H and O–H groups in total. The average Bonchev–Trinajstić information content (AvgIpc) is 2.16. The molecule has 1 aliphatic heterocycles. The van der Waals surface area contributed by atoms with E-state index in [-0.39, 0.29) is 0 Å². The molecule has 0 spiro atoms. The number of hydrogen-bond donors (Lipinski definition) is 1. The molecule has 0 aromatic rings. The van der Waals surface area contributed by atoms with Crippen LogP contribution in [-0.2, 0) is 4.74 Å². The number of hydrogen-bond acceptors (Lipinski definition) is 3. The van der Waals surface area contributed by atoms with E-state index in [9.17, 15) is 0 Å². The maximum absolute atomic E-state index is 5.33. The third-order valence-corrected chi connectivity index (χ3v) is 3.76. The Hall–Kier alpha value is 0.270. The van der Waals surface area contributed by atoms with Crippen LogP contribution < -0.4 is 5.32 Å². The van der Waals surface area contributed by atoms with Gasteiger partial charge in [-0.25, -0.2) is 0 Å². The van der Waals surface area contributed by atoms with Gasteiger partial charge in [-0.15, -0.1) is 0 Å². The second kappa shape index (κ2) is 6.68. The zero-order chi connectivity index (χ0) is 9.52. The van der Waals surface area contributed by atoms with E-state index in [4.69, 9.17) is 4.74 Å². The highest BCUT2D eigenvalue weighted by atomic mass is 32.2. The first kappa shape index (κ1) is 11.3. The lowest BCUT2D eigenvalue weighted by molar-refractivity contribution is 0.0999. The van der Waals surface area contributed by atoms with Crippen molar-refractivity contribution in [2.45, 2.75) is 37.2 Å². The van der Waals surface area contributed by atoms with Crippen molar-refractivity contribution in [1.82, 2.24) is 5.32 Å². The van der Waals surface area contributed by atoms with Gasteiger partial charge >= 0.3 is 0 Å². The molecule has 1 aliphatic rings. The van der Waals surface area contributed by atoms with Crippen LogP contribution in [0.15, 0.2) is 0 Å². The van der Waals surface area contributed by atoms with Crippen LogP contribution in [-0.4, -0.2) is 36.8 Å². The summed E-state index contributed by atoms with van der Waals surface area (Å²) in [7, 11) is 0. The molecule has 1 unspecified atom stereocenters. The highest BCUT2D eigenvalue weighted by Gasteiger charge is 2.16. The summed E-state index contributed by atoms with van der Waals surface area (Å²) in [6.07, 6.45) is 2.47. The van der Waals surface area contributed by atoms with Crippen LogP contribution in [0, 0.1) is 0 Å². The molecule has 0 saturated carbocycles. The minimum absolute atomic E-state index is 0.739. The second-order valence-electron chi connectivity index (χ2n) is 3.57. The molecular weight excluding hydrogens is 182 g/mol. The van der Waals surface area contributed by atoms with Crippen LogP contribution in [0.2, 0.25) is 0 Å². The smallest absolute Gasteiger partial charge is 0.0476 e. The van der Waals surface area contributed by atoms with Crippen molar-refractivity contribution in [2.75, 3.05) is 26.3 Å². The van der Waals surface area contributed by atoms with Gasteiger partial charge in [0.1, 0.15) is 0 Å². The molecule has 2 nitrogen and oxygen atoms in total. The van der Waals surface area contributed by atoms with Gasteiger partial charge in [0.2, 0.25) is 0 Å². The van der Waals surface area contributed by atoms with Crippen molar-refractivity contribution >= 4 is 11.8 Å². The molecule has 0 aromatic carbocycles. The first-order chi connectivity index (χ1) is 6.33. The van der Waals surface area contributed by atoms with E-state index < -0.39 is 0 Å². The maximum atomic E-state index is 5.33. The molecule has 0 bridgehead atoms. The van der Waals surface area contributed by atoms with E-state index in [0.29, 0.717) is 0 Å². The summed E-state index contributed by atoms with van der Waals surface area (Å²) in [6.45, 7) is 8.61. The summed E-state index contributed by atoms with van der Waals surface area (Å²) < 4.78 is 5.33. The van der Waals surface area contributed by atoms with Gasteiger partial charge in [-0.2, -0.15) is 11.8 Å². The Kier molecular flexibility index (Phi) is 5.83. The Bertz CT molecular complexity index is 126. The molecule has 1 saturated heterocycles. The van der Waals surface area contributed by atoms with Crippen LogP contribution >= 0.6 is 11.8 Å². The van der Waals surface area contributed by atoms with Gasteiger partial charge in [-0.3, -0.25) is 0 Å². The van der Waals surface area contributed by atoms with Gasteiger partial charge in [0.05, 0.1) is 0 Å². The van der Waals surface area contributed by atoms with E-state index in [2.05, 4.69) is 30.9 Å². The third-order valence-electron chi connectivity index (χ3n) is 2.27. The first-order valence-electron chi connectivity index (χ1n) is 5.27. The molecule has 0 radical (unpaired) electrons. The fourth-order valence-electron chi connectivity index (χ4n) is 1.54. The third kappa shape index (κ3) is 4.89. The molecule has 0 amide bonds. The highest BCUT2D eigenvalue weighted by molar-refractivity contribution is 8.00. The summed E-state index contributed by atoms with van der Waals surface area (Å²) in [5.74, 6) is 0. The van der Waals surface area contributed by atoms with Crippen molar-refractivity contribution < 1.29 is 4.74 Å². The first-order valence-corrected chi connectivity index (χ1v) is 6.21. The predicted octanol–water partition coefficient (Wildman–Crippen LogP) is 1.90. The van der Waals surface area contributed by atoms with Crippen molar-refractivity contribution in [2.24, 2.45) is 0 Å². The van der Waals surface area contributed by atoms with Crippen molar-refractivity contribution in [3.63, 3.8) is 0 Å². The van der Waals surface area contributed by atoms with Crippen LogP contribution in [0.5, 0.6) is 0 Å². The topological polar surface area (TPSA) is 21.3 Å². The van der Waals surface area contributed by atoms with E-state index in [1.807, 2.05) is 0 Å². The normalized spacial score (nSPS) is 21.7. The van der Waals surface area contributed by atoms with Gasteiger partial charge in [-0.1, -0.05) is 13.8 Å². The lowest BCUT2D eigenvalue weighted by Crippen LogP contribution is -2.26. The van der Waals surface area contributed by atoms with Crippen LogP contribution in [0.3, 0.4) is 0 Å². The molecule has 0 aromatic heterocycles. The zero-order valence-corrected chi connectivity index (χ0v) is 9.53. The number of nitrogens with one attached hydrogen (secondary N) is 1. The summed E-state index contributed by atoms with van der Waals surface area (Å²) in [4.78, 5) is 0. The molecular formula is C10H21NOS. The zero-order valence-electron chi connectivity index (χ0n) is 8.71.